The van der Waals surface area contributed by atoms with Gasteiger partial charge < -0.3 is 9.47 Å². The molecule has 0 spiro atoms. The Kier molecular flexibility index (Phi) is 3.44. The van der Waals surface area contributed by atoms with Crippen molar-refractivity contribution in [1.29, 1.82) is 0 Å². The van der Waals surface area contributed by atoms with Crippen LogP contribution in [0.3, 0.4) is 0 Å². The number of ether oxygens (including phenoxy) is 2. The molecule has 2 fully saturated rings. The minimum absolute atomic E-state index is 0.0575. The molecule has 0 radical (unpaired) electrons. The van der Waals surface area contributed by atoms with Crippen molar-refractivity contribution in [1.82, 2.24) is 20.2 Å². The van der Waals surface area contributed by atoms with E-state index in [4.69, 9.17) is 9.47 Å². The number of tetrazole rings is 1. The number of aromatic nitrogens is 4. The smallest absolute Gasteiger partial charge is 0.218 e. The molecule has 2 aliphatic rings. The van der Waals surface area contributed by atoms with Crippen LogP contribution in [0, 0.1) is 0 Å². The quantitative estimate of drug-likeness (QED) is 0.790. The van der Waals surface area contributed by atoms with Gasteiger partial charge in [0.05, 0.1) is 12.6 Å². The fraction of sp³-hybridized carbons (Fsp3) is 0.429. The number of carbonyl (C=O) groups excluding carboxylic acids is 1. The molecule has 7 nitrogen and oxygen atoms in total. The van der Waals surface area contributed by atoms with Crippen molar-refractivity contribution >= 4 is 17.5 Å². The SMILES string of the molecule is CSc1ccc(-c2nnnn2[C@@H]2CC(=O)[C@H]3OC[C@@H]2O3)cc1. The Hall–Kier alpha value is -1.77. The van der Waals surface area contributed by atoms with E-state index in [0.29, 0.717) is 18.9 Å². The highest BCUT2D eigenvalue weighted by Crippen LogP contribution is 2.34. The lowest BCUT2D eigenvalue weighted by Gasteiger charge is -2.26. The van der Waals surface area contributed by atoms with Crippen molar-refractivity contribution in [3.63, 3.8) is 0 Å². The summed E-state index contributed by atoms with van der Waals surface area (Å²) in [6.07, 6.45) is 1.47. The Balaban J connectivity index is 1.68. The van der Waals surface area contributed by atoms with Gasteiger partial charge in [-0.2, -0.15) is 0 Å². The molecule has 0 unspecified atom stereocenters. The summed E-state index contributed by atoms with van der Waals surface area (Å²) in [6.45, 7) is 0.395. The van der Waals surface area contributed by atoms with Gasteiger partial charge in [0.15, 0.2) is 11.6 Å². The van der Waals surface area contributed by atoms with E-state index in [0.717, 1.165) is 5.56 Å². The molecule has 2 saturated heterocycles. The van der Waals surface area contributed by atoms with Crippen LogP contribution in [0.4, 0.5) is 0 Å². The molecule has 3 heterocycles. The van der Waals surface area contributed by atoms with Crippen molar-refractivity contribution in [3.8, 4) is 11.4 Å². The van der Waals surface area contributed by atoms with Crippen LogP contribution in [0.1, 0.15) is 12.5 Å². The van der Waals surface area contributed by atoms with Gasteiger partial charge in [-0.15, -0.1) is 16.9 Å². The summed E-state index contributed by atoms with van der Waals surface area (Å²) < 4.78 is 12.6. The fourth-order valence-corrected chi connectivity index (χ4v) is 3.22. The average Bonchev–Trinajstić information content (AvgIpc) is 3.20. The highest BCUT2D eigenvalue weighted by molar-refractivity contribution is 7.98. The lowest BCUT2D eigenvalue weighted by Crippen LogP contribution is -2.37. The molecule has 0 N–H and O–H groups in total. The van der Waals surface area contributed by atoms with Gasteiger partial charge >= 0.3 is 0 Å². The summed E-state index contributed by atoms with van der Waals surface area (Å²) >= 11 is 1.68. The maximum absolute atomic E-state index is 12.0. The number of hydrogen-bond donors (Lipinski definition) is 0. The number of rotatable bonds is 3. The number of hydrogen-bond acceptors (Lipinski definition) is 7. The summed E-state index contributed by atoms with van der Waals surface area (Å²) in [5, 5.41) is 12.0. The maximum Gasteiger partial charge on any atom is 0.218 e. The van der Waals surface area contributed by atoms with E-state index in [-0.39, 0.29) is 17.9 Å². The van der Waals surface area contributed by atoms with Crippen molar-refractivity contribution in [2.75, 3.05) is 12.9 Å². The van der Waals surface area contributed by atoms with E-state index >= 15 is 0 Å². The highest BCUT2D eigenvalue weighted by atomic mass is 32.2. The number of fused-ring (bicyclic) bond motifs is 2. The van der Waals surface area contributed by atoms with Gasteiger partial charge in [0.2, 0.25) is 6.29 Å². The zero-order chi connectivity index (χ0) is 15.1. The van der Waals surface area contributed by atoms with E-state index in [2.05, 4.69) is 15.5 Å². The maximum atomic E-state index is 12.0. The summed E-state index contributed by atoms with van der Waals surface area (Å²) in [6, 6.07) is 7.78. The van der Waals surface area contributed by atoms with Crippen LogP contribution >= 0.6 is 11.8 Å². The topological polar surface area (TPSA) is 79.1 Å². The molecule has 1 aromatic heterocycles. The number of Topliss-reactive ketones (excluding diaryl/α,β-unsaturated/α-hetero) is 1. The van der Waals surface area contributed by atoms with E-state index in [1.54, 1.807) is 16.4 Å². The molecule has 2 bridgehead atoms. The molecular weight excluding hydrogens is 304 g/mol. The number of nitrogens with zero attached hydrogens (tertiary/aromatic N) is 4. The van der Waals surface area contributed by atoms with Crippen molar-refractivity contribution in [3.05, 3.63) is 24.3 Å². The molecule has 114 valence electrons. The summed E-state index contributed by atoms with van der Waals surface area (Å²) in [7, 11) is 0. The van der Waals surface area contributed by atoms with E-state index in [1.165, 1.54) is 4.90 Å². The van der Waals surface area contributed by atoms with Crippen LogP contribution in [-0.4, -0.2) is 51.2 Å². The molecule has 0 aliphatic carbocycles. The predicted molar refractivity (Wildman–Crippen MR) is 78.3 cm³/mol. The third-order valence-electron chi connectivity index (χ3n) is 3.97. The second-order valence-corrected chi connectivity index (χ2v) is 6.13. The standard InChI is InChI=1S/C14H14N4O3S/c1-22-9-4-2-8(3-5-9)13-15-16-17-18(13)10-6-11(19)14-20-7-12(10)21-14/h2-5,10,12,14H,6-7H2,1H3/t10-,12+,14+/m1/s1. The van der Waals surface area contributed by atoms with Crippen LogP contribution in [0.2, 0.25) is 0 Å². The summed E-state index contributed by atoms with van der Waals surface area (Å²) in [4.78, 5) is 13.1. The molecule has 2 aromatic rings. The Bertz CT molecular complexity index is 702. The predicted octanol–water partition coefficient (Wildman–Crippen LogP) is 1.32. The zero-order valence-corrected chi connectivity index (χ0v) is 12.7. The lowest BCUT2D eigenvalue weighted by molar-refractivity contribution is -0.156. The molecule has 8 heteroatoms. The van der Waals surface area contributed by atoms with E-state index in [9.17, 15) is 4.79 Å². The van der Waals surface area contributed by atoms with Crippen LogP contribution in [0.25, 0.3) is 11.4 Å². The molecule has 3 atom stereocenters. The van der Waals surface area contributed by atoms with Crippen LogP contribution < -0.4 is 0 Å². The summed E-state index contributed by atoms with van der Waals surface area (Å²) in [5.74, 6) is 0.581. The third kappa shape index (κ3) is 2.23. The van der Waals surface area contributed by atoms with E-state index < -0.39 is 6.29 Å². The second-order valence-electron chi connectivity index (χ2n) is 5.25. The van der Waals surface area contributed by atoms with Crippen molar-refractivity contribution in [2.24, 2.45) is 0 Å². The van der Waals surface area contributed by atoms with Crippen molar-refractivity contribution < 1.29 is 14.3 Å². The van der Waals surface area contributed by atoms with Gasteiger partial charge in [0.1, 0.15) is 6.10 Å². The van der Waals surface area contributed by atoms with Gasteiger partial charge in [-0.1, -0.05) is 12.1 Å². The molecule has 1 aromatic carbocycles. The molecule has 4 rings (SSSR count). The van der Waals surface area contributed by atoms with Gasteiger partial charge in [0.25, 0.3) is 0 Å². The number of ketones is 1. The van der Waals surface area contributed by atoms with Crippen molar-refractivity contribution in [2.45, 2.75) is 29.8 Å². The minimum atomic E-state index is -0.706. The third-order valence-corrected chi connectivity index (χ3v) is 4.71. The minimum Gasteiger partial charge on any atom is -0.343 e. The average molecular weight is 318 g/mol. The normalized spacial score (nSPS) is 27.3. The Morgan fingerprint density at radius 2 is 2.14 bits per heavy atom. The summed E-state index contributed by atoms with van der Waals surface area (Å²) in [5.41, 5.74) is 0.913. The second kappa shape index (κ2) is 5.45. The molecular formula is C14H14N4O3S. The van der Waals surface area contributed by atoms with Gasteiger partial charge in [-0.05, 0) is 28.8 Å². The molecule has 22 heavy (non-hydrogen) atoms. The number of thioether (sulfide) groups is 1. The highest BCUT2D eigenvalue weighted by Gasteiger charge is 2.45. The van der Waals surface area contributed by atoms with Gasteiger partial charge in [0, 0.05) is 16.9 Å². The Labute approximate surface area is 131 Å². The van der Waals surface area contributed by atoms with E-state index in [1.807, 2.05) is 30.5 Å². The molecule has 0 amide bonds. The van der Waals surface area contributed by atoms with Gasteiger partial charge in [-0.3, -0.25) is 4.79 Å². The van der Waals surface area contributed by atoms with Crippen LogP contribution in [0.15, 0.2) is 29.2 Å². The first-order chi connectivity index (χ1) is 10.8. The van der Waals surface area contributed by atoms with Crippen LogP contribution in [0.5, 0.6) is 0 Å². The lowest BCUT2D eigenvalue weighted by atomic mass is 10.0. The first-order valence-corrected chi connectivity index (χ1v) is 8.21. The molecule has 0 saturated carbocycles. The largest absolute Gasteiger partial charge is 0.343 e. The first-order valence-electron chi connectivity index (χ1n) is 6.98. The monoisotopic (exact) mass is 318 g/mol. The Morgan fingerprint density at radius 1 is 1.32 bits per heavy atom. The zero-order valence-electron chi connectivity index (χ0n) is 11.9. The number of carbonyl (C=O) groups is 1. The van der Waals surface area contributed by atoms with Crippen LogP contribution in [-0.2, 0) is 14.3 Å². The Morgan fingerprint density at radius 3 is 2.91 bits per heavy atom. The molecule has 2 aliphatic heterocycles. The fourth-order valence-electron chi connectivity index (χ4n) is 2.82. The number of benzene rings is 1. The van der Waals surface area contributed by atoms with Gasteiger partial charge in [-0.25, -0.2) is 4.68 Å². The first kappa shape index (κ1) is 13.9.